The van der Waals surface area contributed by atoms with Crippen LogP contribution in [0.1, 0.15) is 17.7 Å². The Hall–Kier alpha value is -4.33. The summed E-state index contributed by atoms with van der Waals surface area (Å²) in [5, 5.41) is 11.1. The van der Waals surface area contributed by atoms with Crippen molar-refractivity contribution in [1.82, 2.24) is 9.97 Å². The van der Waals surface area contributed by atoms with Gasteiger partial charge in [-0.25, -0.2) is 15.5 Å². The summed E-state index contributed by atoms with van der Waals surface area (Å²) in [6.45, 7) is 1.93. The third kappa shape index (κ3) is 5.04. The molecule has 8 heteroatoms. The van der Waals surface area contributed by atoms with Gasteiger partial charge < -0.3 is 15.9 Å². The first-order chi connectivity index (χ1) is 15.6. The van der Waals surface area contributed by atoms with Crippen molar-refractivity contribution >= 4 is 28.2 Å². The van der Waals surface area contributed by atoms with Crippen LogP contribution in [0.25, 0.3) is 10.9 Å². The number of anilines is 2. The highest BCUT2D eigenvalue weighted by molar-refractivity contribution is 5.82. The Morgan fingerprint density at radius 2 is 1.97 bits per heavy atom. The average Bonchev–Trinajstić information content (AvgIpc) is 2.81. The minimum absolute atomic E-state index is 0.313. The molecule has 4 N–H and O–H groups in total. The fourth-order valence-corrected chi connectivity index (χ4v) is 3.32. The highest BCUT2D eigenvalue weighted by atomic mass is 16.5. The molecule has 0 bridgehead atoms. The van der Waals surface area contributed by atoms with E-state index in [1.54, 1.807) is 6.20 Å². The fraction of sp³-hybridized carbons (Fsp3) is 0.125. The van der Waals surface area contributed by atoms with E-state index >= 15 is 0 Å². The lowest BCUT2D eigenvalue weighted by Crippen LogP contribution is -2.00. The zero-order chi connectivity index (χ0) is 22.3. The van der Waals surface area contributed by atoms with Gasteiger partial charge in [-0.15, -0.1) is 5.11 Å². The average molecular weight is 425 g/mol. The number of fused-ring (bicyclic) bond motifs is 1. The molecule has 0 fully saturated rings. The summed E-state index contributed by atoms with van der Waals surface area (Å²) >= 11 is 0. The number of pyridine rings is 2. The van der Waals surface area contributed by atoms with E-state index in [4.69, 9.17) is 16.1 Å². The zero-order valence-electron chi connectivity index (χ0n) is 17.6. The van der Waals surface area contributed by atoms with Gasteiger partial charge in [0.25, 0.3) is 0 Å². The summed E-state index contributed by atoms with van der Waals surface area (Å²) in [6, 6.07) is 21.6. The van der Waals surface area contributed by atoms with Gasteiger partial charge in [0, 0.05) is 29.8 Å². The van der Waals surface area contributed by atoms with E-state index in [-0.39, 0.29) is 0 Å². The molecule has 4 aromatic rings. The number of ether oxygens (including phenoxy) is 1. The van der Waals surface area contributed by atoms with Gasteiger partial charge in [0.1, 0.15) is 17.3 Å². The van der Waals surface area contributed by atoms with Gasteiger partial charge in [-0.1, -0.05) is 30.3 Å². The number of hydrogen-bond acceptors (Lipinski definition) is 7. The van der Waals surface area contributed by atoms with E-state index in [2.05, 4.69) is 25.5 Å². The summed E-state index contributed by atoms with van der Waals surface area (Å²) in [7, 11) is 0. The molecule has 2 aromatic carbocycles. The van der Waals surface area contributed by atoms with Crippen LogP contribution in [0.4, 0.5) is 11.5 Å². The molecule has 2 aromatic heterocycles. The van der Waals surface area contributed by atoms with Gasteiger partial charge in [0.2, 0.25) is 0 Å². The number of nitrogens with zero attached hydrogens (tertiary/aromatic N) is 4. The number of hydrazone groups is 1. The minimum atomic E-state index is 0.313. The van der Waals surface area contributed by atoms with Gasteiger partial charge >= 0.3 is 0 Å². The van der Waals surface area contributed by atoms with Crippen LogP contribution < -0.4 is 15.9 Å². The summed E-state index contributed by atoms with van der Waals surface area (Å²) in [5.41, 5.74) is 10.8. The van der Waals surface area contributed by atoms with Crippen LogP contribution in [0.2, 0.25) is 0 Å². The highest BCUT2D eigenvalue weighted by Crippen LogP contribution is 2.29. The third-order valence-corrected chi connectivity index (χ3v) is 4.94. The Morgan fingerprint density at radius 3 is 2.81 bits per heavy atom. The molecule has 0 unspecified atom stereocenters. The van der Waals surface area contributed by atoms with E-state index in [9.17, 15) is 0 Å². The van der Waals surface area contributed by atoms with Crippen molar-refractivity contribution in [1.29, 1.82) is 5.53 Å². The maximum atomic E-state index is 7.05. The Morgan fingerprint density at radius 1 is 1.09 bits per heavy atom. The first-order valence-corrected chi connectivity index (χ1v) is 10.1. The number of rotatable bonds is 7. The van der Waals surface area contributed by atoms with Crippen LogP contribution in [-0.4, -0.2) is 15.8 Å². The standard InChI is InChI=1S/C24H23N7O/c1-16-22(14-18-6-2-3-8-21(18)28-16)32-20-11-12-27-24(15-20)29-19-7-4-5-17(13-19)9-10-23(30-25)31-26/h2-8,11-15,25H,9-10,26H2,1H3,(H,27,29)/b30-25?,31-23-. The number of benzene rings is 2. The normalized spacial score (nSPS) is 11.3. The van der Waals surface area contributed by atoms with Crippen molar-refractivity contribution in [3.63, 3.8) is 0 Å². The first kappa shape index (κ1) is 20.9. The Kier molecular flexibility index (Phi) is 6.31. The summed E-state index contributed by atoms with van der Waals surface area (Å²) in [4.78, 5) is 9.02. The van der Waals surface area contributed by atoms with Crippen molar-refractivity contribution in [3.8, 4) is 11.5 Å². The lowest BCUT2D eigenvalue weighted by Gasteiger charge is -2.12. The predicted octanol–water partition coefficient (Wildman–Crippen LogP) is 5.71. The molecule has 0 atom stereocenters. The maximum Gasteiger partial charge on any atom is 0.170 e. The smallest absolute Gasteiger partial charge is 0.170 e. The number of nitrogens with one attached hydrogen (secondary N) is 2. The van der Waals surface area contributed by atoms with Gasteiger partial charge in [-0.05, 0) is 49.2 Å². The first-order valence-electron chi connectivity index (χ1n) is 10.1. The van der Waals surface area contributed by atoms with Crippen molar-refractivity contribution in [2.75, 3.05) is 5.32 Å². The van der Waals surface area contributed by atoms with Gasteiger partial charge in [-0.3, -0.25) is 0 Å². The zero-order valence-corrected chi connectivity index (χ0v) is 17.6. The lowest BCUT2D eigenvalue weighted by atomic mass is 10.1. The largest absolute Gasteiger partial charge is 0.455 e. The maximum absolute atomic E-state index is 7.05. The molecular formula is C24H23N7O. The Balaban J connectivity index is 1.49. The quantitative estimate of drug-likeness (QED) is 0.115. The number of hydrogen-bond donors (Lipinski definition) is 3. The number of nitrogens with two attached hydrogens (primary N) is 1. The molecular weight excluding hydrogens is 402 g/mol. The van der Waals surface area contributed by atoms with E-state index in [1.807, 2.05) is 73.7 Å². The molecule has 0 aliphatic heterocycles. The molecule has 32 heavy (non-hydrogen) atoms. The monoisotopic (exact) mass is 425 g/mol. The summed E-state index contributed by atoms with van der Waals surface area (Å²) < 4.78 is 6.11. The van der Waals surface area contributed by atoms with Crippen molar-refractivity contribution in [2.45, 2.75) is 19.8 Å². The van der Waals surface area contributed by atoms with E-state index in [0.29, 0.717) is 36.0 Å². The van der Waals surface area contributed by atoms with Crippen molar-refractivity contribution < 1.29 is 4.74 Å². The molecule has 4 rings (SSSR count). The van der Waals surface area contributed by atoms with E-state index in [1.165, 1.54) is 0 Å². The topological polar surface area (TPSA) is 122 Å². The number of para-hydroxylation sites is 1. The molecule has 2 heterocycles. The molecule has 0 saturated heterocycles. The molecule has 0 saturated carbocycles. The number of aromatic nitrogens is 2. The molecule has 0 aliphatic rings. The Bertz CT molecular complexity index is 1290. The summed E-state index contributed by atoms with van der Waals surface area (Å²) in [5.74, 6) is 7.57. The second kappa shape index (κ2) is 9.65. The Labute approximate surface area is 185 Å². The van der Waals surface area contributed by atoms with Crippen LogP contribution in [0, 0.1) is 12.5 Å². The lowest BCUT2D eigenvalue weighted by molar-refractivity contribution is 0.476. The number of aryl methyl sites for hydroxylation is 2. The SMILES string of the molecule is Cc1nc2ccccc2cc1Oc1ccnc(Nc2cccc(CC/C(N=N)=N/N)c2)c1. The van der Waals surface area contributed by atoms with Crippen LogP contribution in [-0.2, 0) is 6.42 Å². The molecule has 0 aliphatic carbocycles. The second-order valence-electron chi connectivity index (χ2n) is 7.23. The van der Waals surface area contributed by atoms with Crippen LogP contribution in [0.15, 0.2) is 83.1 Å². The van der Waals surface area contributed by atoms with Gasteiger partial charge in [0.05, 0.1) is 11.2 Å². The molecule has 160 valence electrons. The van der Waals surface area contributed by atoms with Crippen LogP contribution in [0.3, 0.4) is 0 Å². The van der Waals surface area contributed by atoms with E-state index < -0.39 is 0 Å². The highest BCUT2D eigenvalue weighted by Gasteiger charge is 2.07. The van der Waals surface area contributed by atoms with Gasteiger partial charge in [-0.2, -0.15) is 5.10 Å². The van der Waals surface area contributed by atoms with Crippen molar-refractivity contribution in [3.05, 3.63) is 84.2 Å². The van der Waals surface area contributed by atoms with Crippen molar-refractivity contribution in [2.24, 2.45) is 16.1 Å². The predicted molar refractivity (Wildman–Crippen MR) is 126 cm³/mol. The molecule has 8 nitrogen and oxygen atoms in total. The minimum Gasteiger partial charge on any atom is -0.455 e. The summed E-state index contributed by atoms with van der Waals surface area (Å²) in [6.07, 6.45) is 2.88. The molecule has 0 spiro atoms. The third-order valence-electron chi connectivity index (χ3n) is 4.94. The fourth-order valence-electron chi connectivity index (χ4n) is 3.32. The van der Waals surface area contributed by atoms with Gasteiger partial charge in [0.15, 0.2) is 5.84 Å². The van der Waals surface area contributed by atoms with Crippen LogP contribution in [0.5, 0.6) is 11.5 Å². The molecule has 0 radical (unpaired) electrons. The van der Waals surface area contributed by atoms with E-state index in [0.717, 1.165) is 27.8 Å². The van der Waals surface area contributed by atoms with Crippen LogP contribution >= 0.6 is 0 Å². The number of amidine groups is 1. The second-order valence-corrected chi connectivity index (χ2v) is 7.23. The molecule has 0 amide bonds.